The topological polar surface area (TPSA) is 78.9 Å². The van der Waals surface area contributed by atoms with Crippen molar-refractivity contribution in [2.24, 2.45) is 10.8 Å². The zero-order chi connectivity index (χ0) is 22.3. The fourth-order valence-electron chi connectivity index (χ4n) is 1.55. The van der Waals surface area contributed by atoms with Crippen LogP contribution >= 0.6 is 0 Å². The Morgan fingerprint density at radius 1 is 1.07 bits per heavy atom. The summed E-state index contributed by atoms with van der Waals surface area (Å²) in [5.74, 6) is -1.57. The second-order valence-corrected chi connectivity index (χ2v) is 7.91. The van der Waals surface area contributed by atoms with E-state index in [-0.39, 0.29) is 5.97 Å². The molecule has 0 amide bonds. The summed E-state index contributed by atoms with van der Waals surface area (Å²) in [6.07, 6.45) is -5.61. The van der Waals surface area contributed by atoms with Gasteiger partial charge in [0.2, 0.25) is 6.10 Å². The lowest BCUT2D eigenvalue weighted by Gasteiger charge is -2.24. The standard InChI is InChI=1S/C10H16O4.C9H15F3O2/c1-4-10(2,3)9(12)14-7-5-6-13-8(7)11;1-5-8(3,4)7(13)14-6(2)9(10,11)12/h7H,4-6H2,1-3H3;6H,5H2,1-4H3. The Morgan fingerprint density at radius 3 is 1.89 bits per heavy atom. The molecule has 0 saturated carbocycles. The molecule has 0 N–H and O–H groups in total. The van der Waals surface area contributed by atoms with Crippen molar-refractivity contribution in [3.63, 3.8) is 0 Å². The highest BCUT2D eigenvalue weighted by Gasteiger charge is 2.41. The van der Waals surface area contributed by atoms with Gasteiger partial charge in [0.1, 0.15) is 0 Å². The Labute approximate surface area is 164 Å². The van der Waals surface area contributed by atoms with Crippen molar-refractivity contribution >= 4 is 17.9 Å². The maximum Gasteiger partial charge on any atom is 0.425 e. The van der Waals surface area contributed by atoms with E-state index in [1.807, 2.05) is 6.92 Å². The van der Waals surface area contributed by atoms with Crippen molar-refractivity contribution < 1.29 is 41.8 Å². The highest BCUT2D eigenvalue weighted by atomic mass is 19.4. The van der Waals surface area contributed by atoms with Gasteiger partial charge in [0.25, 0.3) is 0 Å². The van der Waals surface area contributed by atoms with E-state index < -0.39 is 41.2 Å². The number of halogens is 3. The number of hydrogen-bond acceptors (Lipinski definition) is 6. The molecule has 1 heterocycles. The third-order valence-electron chi connectivity index (χ3n) is 4.75. The molecule has 0 aliphatic carbocycles. The quantitative estimate of drug-likeness (QED) is 0.481. The largest absolute Gasteiger partial charge is 0.463 e. The summed E-state index contributed by atoms with van der Waals surface area (Å²) in [7, 11) is 0. The van der Waals surface area contributed by atoms with E-state index in [9.17, 15) is 27.6 Å². The van der Waals surface area contributed by atoms with Crippen LogP contribution in [0, 0.1) is 10.8 Å². The first-order valence-corrected chi connectivity index (χ1v) is 9.24. The Kier molecular flexibility index (Phi) is 9.46. The van der Waals surface area contributed by atoms with Crippen LogP contribution < -0.4 is 0 Å². The van der Waals surface area contributed by atoms with Gasteiger partial charge in [-0.3, -0.25) is 9.59 Å². The Bertz CT molecular complexity index is 554. The van der Waals surface area contributed by atoms with E-state index in [4.69, 9.17) is 9.47 Å². The molecule has 9 heteroatoms. The minimum Gasteiger partial charge on any atom is -0.463 e. The van der Waals surface area contributed by atoms with Crippen molar-refractivity contribution in [1.82, 2.24) is 0 Å². The third kappa shape index (κ3) is 8.06. The van der Waals surface area contributed by atoms with Gasteiger partial charge in [0.15, 0.2) is 6.10 Å². The number of alkyl halides is 3. The summed E-state index contributed by atoms with van der Waals surface area (Å²) in [5, 5.41) is 0. The van der Waals surface area contributed by atoms with Gasteiger partial charge in [-0.2, -0.15) is 13.2 Å². The van der Waals surface area contributed by atoms with Crippen molar-refractivity contribution in [2.75, 3.05) is 6.61 Å². The van der Waals surface area contributed by atoms with Gasteiger partial charge in [0, 0.05) is 6.42 Å². The number of hydrogen-bond donors (Lipinski definition) is 0. The zero-order valence-electron chi connectivity index (χ0n) is 17.6. The lowest BCUT2D eigenvalue weighted by molar-refractivity contribution is -0.221. The lowest BCUT2D eigenvalue weighted by atomic mass is 9.90. The number of rotatable bonds is 6. The van der Waals surface area contributed by atoms with E-state index in [0.29, 0.717) is 25.9 Å². The monoisotopic (exact) mass is 412 g/mol. The summed E-state index contributed by atoms with van der Waals surface area (Å²) in [6.45, 7) is 11.5. The van der Waals surface area contributed by atoms with Crippen LogP contribution in [-0.2, 0) is 28.6 Å². The van der Waals surface area contributed by atoms with E-state index in [0.717, 1.165) is 6.92 Å². The predicted octanol–water partition coefficient (Wildman–Crippen LogP) is 4.20. The summed E-state index contributed by atoms with van der Waals surface area (Å²) in [5.41, 5.74) is -1.39. The molecular formula is C19H31F3O6. The first-order valence-electron chi connectivity index (χ1n) is 9.24. The van der Waals surface area contributed by atoms with Gasteiger partial charge in [-0.15, -0.1) is 0 Å². The zero-order valence-corrected chi connectivity index (χ0v) is 17.6. The van der Waals surface area contributed by atoms with E-state index in [2.05, 4.69) is 4.74 Å². The summed E-state index contributed by atoms with van der Waals surface area (Å²) in [6, 6.07) is 0. The molecule has 1 aliphatic heterocycles. The first kappa shape index (κ1) is 26.2. The van der Waals surface area contributed by atoms with Crippen LogP contribution in [0.3, 0.4) is 0 Å². The molecule has 1 fully saturated rings. The van der Waals surface area contributed by atoms with Crippen LogP contribution in [-0.4, -0.2) is 42.9 Å². The molecule has 2 unspecified atom stereocenters. The number of ether oxygens (including phenoxy) is 3. The minimum atomic E-state index is -4.49. The molecule has 0 bridgehead atoms. The van der Waals surface area contributed by atoms with Gasteiger partial charge in [-0.25, -0.2) is 4.79 Å². The van der Waals surface area contributed by atoms with Crippen molar-refractivity contribution in [3.05, 3.63) is 0 Å². The second-order valence-electron chi connectivity index (χ2n) is 7.91. The fraction of sp³-hybridized carbons (Fsp3) is 0.842. The molecule has 1 rings (SSSR count). The first-order chi connectivity index (χ1) is 12.6. The highest BCUT2D eigenvalue weighted by Crippen LogP contribution is 2.27. The minimum absolute atomic E-state index is 0.330. The maximum atomic E-state index is 12.0. The fourth-order valence-corrected chi connectivity index (χ4v) is 1.55. The molecule has 1 saturated heterocycles. The summed E-state index contributed by atoms with van der Waals surface area (Å²) in [4.78, 5) is 33.8. The highest BCUT2D eigenvalue weighted by molar-refractivity contribution is 5.82. The third-order valence-corrected chi connectivity index (χ3v) is 4.75. The molecule has 0 spiro atoms. The van der Waals surface area contributed by atoms with Crippen LogP contribution in [0.15, 0.2) is 0 Å². The van der Waals surface area contributed by atoms with Gasteiger partial charge in [0.05, 0.1) is 17.4 Å². The Balaban J connectivity index is 0.000000521. The van der Waals surface area contributed by atoms with E-state index >= 15 is 0 Å². The van der Waals surface area contributed by atoms with Crippen molar-refractivity contribution in [1.29, 1.82) is 0 Å². The molecule has 1 aliphatic rings. The van der Waals surface area contributed by atoms with Crippen molar-refractivity contribution in [3.8, 4) is 0 Å². The number of carbonyl (C=O) groups excluding carboxylic acids is 3. The SMILES string of the molecule is CCC(C)(C)C(=O)OC(C)C(F)(F)F.CCC(C)(C)C(=O)OC1CCOC1=O. The number of carbonyl (C=O) groups is 3. The van der Waals surface area contributed by atoms with Crippen LogP contribution in [0.5, 0.6) is 0 Å². The molecule has 0 aromatic carbocycles. The molecule has 164 valence electrons. The molecule has 2 atom stereocenters. The second kappa shape index (κ2) is 10.1. The van der Waals surface area contributed by atoms with Gasteiger partial charge in [-0.05, 0) is 47.5 Å². The number of cyclic esters (lactones) is 1. The van der Waals surface area contributed by atoms with Gasteiger partial charge in [-0.1, -0.05) is 13.8 Å². The van der Waals surface area contributed by atoms with Gasteiger partial charge < -0.3 is 14.2 Å². The molecule has 28 heavy (non-hydrogen) atoms. The molecule has 0 aromatic heterocycles. The van der Waals surface area contributed by atoms with Gasteiger partial charge >= 0.3 is 24.1 Å². The van der Waals surface area contributed by atoms with Crippen LogP contribution in [0.4, 0.5) is 13.2 Å². The summed E-state index contributed by atoms with van der Waals surface area (Å²) >= 11 is 0. The van der Waals surface area contributed by atoms with E-state index in [1.165, 1.54) is 0 Å². The Morgan fingerprint density at radius 2 is 1.54 bits per heavy atom. The van der Waals surface area contributed by atoms with Crippen LogP contribution in [0.25, 0.3) is 0 Å². The molecule has 6 nitrogen and oxygen atoms in total. The molecule has 0 radical (unpaired) electrons. The molecule has 0 aromatic rings. The van der Waals surface area contributed by atoms with Crippen molar-refractivity contribution in [2.45, 2.75) is 86.1 Å². The smallest absolute Gasteiger partial charge is 0.425 e. The predicted molar refractivity (Wildman–Crippen MR) is 95.2 cm³/mol. The van der Waals surface area contributed by atoms with Crippen LogP contribution in [0.2, 0.25) is 0 Å². The maximum absolute atomic E-state index is 12.0. The Hall–Kier alpha value is -1.80. The lowest BCUT2D eigenvalue weighted by Crippen LogP contribution is -2.36. The molecular weight excluding hydrogens is 381 g/mol. The normalized spacial score (nSPS) is 18.5. The average Bonchev–Trinajstić information content (AvgIpc) is 2.99. The van der Waals surface area contributed by atoms with E-state index in [1.54, 1.807) is 34.6 Å². The number of esters is 3. The van der Waals surface area contributed by atoms with Crippen LogP contribution in [0.1, 0.15) is 67.7 Å². The average molecular weight is 412 g/mol. The summed E-state index contributed by atoms with van der Waals surface area (Å²) < 4.78 is 50.1.